The van der Waals surface area contributed by atoms with E-state index in [0.29, 0.717) is 0 Å². The lowest BCUT2D eigenvalue weighted by molar-refractivity contribution is 1.11. The molecule has 0 unspecified atom stereocenters. The van der Waals surface area contributed by atoms with Crippen molar-refractivity contribution in [3.8, 4) is 22.5 Å². The second-order valence-corrected chi connectivity index (χ2v) is 5.72. The predicted molar refractivity (Wildman–Crippen MR) is 103 cm³/mol. The zero-order valence-corrected chi connectivity index (χ0v) is 13.8. The van der Waals surface area contributed by atoms with E-state index in [4.69, 9.17) is 0 Å². The maximum atomic E-state index is 4.49. The van der Waals surface area contributed by atoms with Gasteiger partial charge < -0.3 is 4.98 Å². The molecule has 0 saturated carbocycles. The van der Waals surface area contributed by atoms with E-state index in [1.54, 1.807) is 6.20 Å². The summed E-state index contributed by atoms with van der Waals surface area (Å²) in [4.78, 5) is 11.6. The minimum absolute atomic E-state index is 0.743. The number of pyridine rings is 1. The third-order valence-electron chi connectivity index (χ3n) is 4.14. The first-order valence-electron chi connectivity index (χ1n) is 8.01. The third-order valence-corrected chi connectivity index (χ3v) is 4.14. The molecular weight excluding hydrogens is 310 g/mol. The second-order valence-electron chi connectivity index (χ2n) is 5.72. The van der Waals surface area contributed by atoms with Crippen molar-refractivity contribution in [3.63, 3.8) is 0 Å². The maximum Gasteiger partial charge on any atom is 0.136 e. The predicted octanol–water partition coefficient (Wildman–Crippen LogP) is 4.99. The summed E-state index contributed by atoms with van der Waals surface area (Å²) >= 11 is 0. The van der Waals surface area contributed by atoms with Crippen LogP contribution in [0.15, 0.2) is 59.9 Å². The summed E-state index contributed by atoms with van der Waals surface area (Å²) < 4.78 is 0. The summed E-state index contributed by atoms with van der Waals surface area (Å²) in [5.74, 6) is 0.743. The Kier molecular flexibility index (Phi) is 3.74. The van der Waals surface area contributed by atoms with Crippen molar-refractivity contribution in [2.75, 3.05) is 0 Å². The fourth-order valence-corrected chi connectivity index (χ4v) is 2.96. The number of aromatic nitrogens is 4. The average molecular weight is 327 g/mol. The molecule has 0 aliphatic rings. The summed E-state index contributed by atoms with van der Waals surface area (Å²) in [6.07, 6.45) is 7.61. The molecule has 0 bridgehead atoms. The number of benzene rings is 1. The van der Waals surface area contributed by atoms with Crippen molar-refractivity contribution in [2.45, 2.75) is 6.92 Å². The third kappa shape index (κ3) is 2.65. The van der Waals surface area contributed by atoms with E-state index in [9.17, 15) is 0 Å². The number of H-pyrrole nitrogens is 2. The van der Waals surface area contributed by atoms with Crippen LogP contribution in [-0.2, 0) is 0 Å². The number of hydrogen-bond acceptors (Lipinski definition) is 3. The Morgan fingerprint density at radius 1 is 1.16 bits per heavy atom. The van der Waals surface area contributed by atoms with Gasteiger partial charge in [-0.3, -0.25) is 10.1 Å². The first kappa shape index (κ1) is 15.1. The number of fused-ring (bicyclic) bond motifs is 1. The van der Waals surface area contributed by atoms with Crippen LogP contribution in [0.1, 0.15) is 12.5 Å². The SMILES string of the molecule is C=Nc1[nH]c(-c2n[nH]c3ccc(-c4cccnc4)cc23)cc1/C=C\C. The lowest BCUT2D eigenvalue weighted by Crippen LogP contribution is -1.81. The van der Waals surface area contributed by atoms with Gasteiger partial charge in [-0.1, -0.05) is 24.3 Å². The molecule has 0 radical (unpaired) electrons. The summed E-state index contributed by atoms with van der Waals surface area (Å²) in [6, 6.07) is 12.3. The molecule has 25 heavy (non-hydrogen) atoms. The molecule has 5 heteroatoms. The zero-order chi connectivity index (χ0) is 17.2. The minimum atomic E-state index is 0.743. The molecule has 5 nitrogen and oxygen atoms in total. The largest absolute Gasteiger partial charge is 0.338 e. The van der Waals surface area contributed by atoms with E-state index in [1.807, 2.05) is 49.5 Å². The fraction of sp³-hybridized carbons (Fsp3) is 0.0500. The van der Waals surface area contributed by atoms with Crippen molar-refractivity contribution in [3.05, 3.63) is 60.4 Å². The summed E-state index contributed by atoms with van der Waals surface area (Å²) in [5.41, 5.74) is 5.92. The Morgan fingerprint density at radius 2 is 2.08 bits per heavy atom. The molecule has 0 aliphatic carbocycles. The first-order chi connectivity index (χ1) is 12.3. The van der Waals surface area contributed by atoms with Gasteiger partial charge in [0.2, 0.25) is 0 Å². The van der Waals surface area contributed by atoms with E-state index < -0.39 is 0 Å². The molecule has 0 saturated heterocycles. The Bertz CT molecular complexity index is 1070. The topological polar surface area (TPSA) is 69.7 Å². The monoisotopic (exact) mass is 327 g/mol. The van der Waals surface area contributed by atoms with Gasteiger partial charge in [-0.25, -0.2) is 4.99 Å². The van der Waals surface area contributed by atoms with E-state index in [0.717, 1.165) is 44.8 Å². The van der Waals surface area contributed by atoms with Crippen molar-refractivity contribution in [2.24, 2.45) is 4.99 Å². The molecule has 4 aromatic rings. The van der Waals surface area contributed by atoms with Gasteiger partial charge in [0, 0.05) is 28.9 Å². The smallest absolute Gasteiger partial charge is 0.136 e. The van der Waals surface area contributed by atoms with Crippen LogP contribution in [0, 0.1) is 0 Å². The Balaban J connectivity index is 1.87. The standard InChI is InChI=1S/C20H17N5/c1-3-5-14-11-18(23-20(14)21-2)19-16-10-13(7-8-17(16)24-25-19)15-6-4-9-22-12-15/h3-12,23H,2H2,1H3,(H,24,25)/b5-3-. The molecule has 3 aromatic heterocycles. The van der Waals surface area contributed by atoms with Crippen LogP contribution in [0.5, 0.6) is 0 Å². The van der Waals surface area contributed by atoms with Crippen molar-refractivity contribution in [1.82, 2.24) is 20.2 Å². The number of aliphatic imine (C=N–C) groups is 1. The molecule has 0 amide bonds. The molecule has 3 heterocycles. The van der Waals surface area contributed by atoms with E-state index >= 15 is 0 Å². The van der Waals surface area contributed by atoms with Crippen LogP contribution >= 0.6 is 0 Å². The quantitative estimate of drug-likeness (QED) is 0.519. The molecule has 1 aromatic carbocycles. The normalized spacial score (nSPS) is 11.4. The van der Waals surface area contributed by atoms with Gasteiger partial charge in [-0.2, -0.15) is 5.10 Å². The van der Waals surface area contributed by atoms with Crippen LogP contribution in [0.2, 0.25) is 0 Å². The van der Waals surface area contributed by atoms with Crippen LogP contribution in [0.4, 0.5) is 5.82 Å². The number of rotatable bonds is 4. The van der Waals surface area contributed by atoms with E-state index in [2.05, 4.69) is 44.0 Å². The van der Waals surface area contributed by atoms with E-state index in [1.165, 1.54) is 0 Å². The van der Waals surface area contributed by atoms with Gasteiger partial charge in [0.15, 0.2) is 0 Å². The summed E-state index contributed by atoms with van der Waals surface area (Å²) in [5, 5.41) is 8.63. The van der Waals surface area contributed by atoms with Gasteiger partial charge in [0.1, 0.15) is 11.5 Å². The molecule has 0 spiro atoms. The average Bonchev–Trinajstić information content (AvgIpc) is 3.25. The van der Waals surface area contributed by atoms with Gasteiger partial charge in [-0.15, -0.1) is 0 Å². The van der Waals surface area contributed by atoms with Gasteiger partial charge in [-0.05, 0) is 43.5 Å². The highest BCUT2D eigenvalue weighted by Gasteiger charge is 2.13. The molecule has 0 aliphatic heterocycles. The van der Waals surface area contributed by atoms with Crippen molar-refractivity contribution in [1.29, 1.82) is 0 Å². The number of aromatic amines is 2. The van der Waals surface area contributed by atoms with Gasteiger partial charge in [0.05, 0.1) is 11.2 Å². The lowest BCUT2D eigenvalue weighted by atomic mass is 10.0. The van der Waals surface area contributed by atoms with Crippen LogP contribution < -0.4 is 0 Å². The molecular formula is C20H17N5. The number of allylic oxidation sites excluding steroid dienone is 1. The Hall–Kier alpha value is -3.47. The second kappa shape index (κ2) is 6.20. The van der Waals surface area contributed by atoms with E-state index in [-0.39, 0.29) is 0 Å². The lowest BCUT2D eigenvalue weighted by Gasteiger charge is -2.01. The molecule has 0 atom stereocenters. The Morgan fingerprint density at radius 3 is 2.84 bits per heavy atom. The summed E-state index contributed by atoms with van der Waals surface area (Å²) in [6.45, 7) is 5.61. The maximum absolute atomic E-state index is 4.49. The van der Waals surface area contributed by atoms with Crippen LogP contribution in [0.3, 0.4) is 0 Å². The number of hydrogen-bond donors (Lipinski definition) is 2. The highest BCUT2D eigenvalue weighted by molar-refractivity contribution is 5.95. The van der Waals surface area contributed by atoms with Gasteiger partial charge in [0.25, 0.3) is 0 Å². The summed E-state index contributed by atoms with van der Waals surface area (Å²) in [7, 11) is 0. The van der Waals surface area contributed by atoms with Crippen molar-refractivity contribution < 1.29 is 0 Å². The Labute approximate surface area is 145 Å². The number of nitrogens with one attached hydrogen (secondary N) is 2. The molecule has 122 valence electrons. The molecule has 2 N–H and O–H groups in total. The van der Waals surface area contributed by atoms with Crippen LogP contribution in [0.25, 0.3) is 39.5 Å². The van der Waals surface area contributed by atoms with Crippen molar-refractivity contribution >= 4 is 29.5 Å². The van der Waals surface area contributed by atoms with Crippen LogP contribution in [-0.4, -0.2) is 26.9 Å². The molecule has 0 fully saturated rings. The molecule has 4 rings (SSSR count). The number of nitrogens with zero attached hydrogens (tertiary/aromatic N) is 3. The zero-order valence-electron chi connectivity index (χ0n) is 13.8. The first-order valence-corrected chi connectivity index (χ1v) is 8.01. The van der Waals surface area contributed by atoms with Gasteiger partial charge >= 0.3 is 0 Å². The fourth-order valence-electron chi connectivity index (χ4n) is 2.96. The highest BCUT2D eigenvalue weighted by Crippen LogP contribution is 2.33. The highest BCUT2D eigenvalue weighted by atomic mass is 15.1. The minimum Gasteiger partial charge on any atom is -0.338 e.